The second-order valence-electron chi connectivity index (χ2n) is 4.79. The molecule has 0 bridgehead atoms. The van der Waals surface area contributed by atoms with Gasteiger partial charge in [0.25, 0.3) is 5.69 Å². The summed E-state index contributed by atoms with van der Waals surface area (Å²) < 4.78 is 5.28. The monoisotopic (exact) mass is 272 g/mol. The molecule has 102 valence electrons. The minimum atomic E-state index is -0.390. The lowest BCUT2D eigenvalue weighted by Crippen LogP contribution is -2.16. The summed E-state index contributed by atoms with van der Waals surface area (Å²) in [4.78, 5) is 23.7. The van der Waals surface area contributed by atoms with Gasteiger partial charge in [0.2, 0.25) is 0 Å². The minimum Gasteiger partial charge on any atom is -0.468 e. The van der Waals surface area contributed by atoms with Crippen molar-refractivity contribution < 1.29 is 9.34 Å². The topological polar surface area (TPSA) is 76.6 Å². The van der Waals surface area contributed by atoms with E-state index in [9.17, 15) is 14.9 Å². The second-order valence-corrected chi connectivity index (χ2v) is 4.79. The number of nitrogens with zero attached hydrogens (tertiary/aromatic N) is 2. The van der Waals surface area contributed by atoms with E-state index in [-0.39, 0.29) is 16.0 Å². The first-order valence-corrected chi connectivity index (χ1v) is 6.18. The molecule has 1 aromatic heterocycles. The number of hydrogen-bond acceptors (Lipinski definition) is 5. The highest BCUT2D eigenvalue weighted by Gasteiger charge is 2.22. The first kappa shape index (κ1) is 12.6. The van der Waals surface area contributed by atoms with Crippen molar-refractivity contribution in [3.8, 4) is 0 Å². The molecular weight excluding hydrogens is 260 g/mol. The maximum absolute atomic E-state index is 11.2. The van der Waals surface area contributed by atoms with Gasteiger partial charge in [-0.15, -0.1) is 0 Å². The van der Waals surface area contributed by atoms with Gasteiger partial charge in [0.1, 0.15) is 5.76 Å². The molecule has 0 saturated heterocycles. The number of benzene rings is 1. The number of nitro groups is 1. The van der Waals surface area contributed by atoms with Crippen LogP contribution < -0.4 is 5.43 Å². The number of rotatable bonds is 3. The molecule has 0 unspecified atom stereocenters. The first-order valence-electron chi connectivity index (χ1n) is 6.18. The third-order valence-electron chi connectivity index (χ3n) is 3.32. The molecule has 0 aliphatic carbocycles. The average Bonchev–Trinajstić information content (AvgIpc) is 2.79. The highest BCUT2D eigenvalue weighted by molar-refractivity contribution is 5.41. The van der Waals surface area contributed by atoms with Crippen molar-refractivity contribution in [3.05, 3.63) is 73.8 Å². The maximum atomic E-state index is 11.2. The third kappa shape index (κ3) is 2.46. The summed E-state index contributed by atoms with van der Waals surface area (Å²) in [6, 6.07) is 7.74. The van der Waals surface area contributed by atoms with Crippen LogP contribution in [0.1, 0.15) is 16.9 Å². The number of nitro benzene ring substituents is 1. The molecule has 0 amide bonds. The van der Waals surface area contributed by atoms with E-state index in [1.54, 1.807) is 12.1 Å². The Morgan fingerprint density at radius 1 is 1.20 bits per heavy atom. The van der Waals surface area contributed by atoms with Crippen LogP contribution in [0.5, 0.6) is 0 Å². The zero-order valence-corrected chi connectivity index (χ0v) is 10.6. The van der Waals surface area contributed by atoms with Crippen LogP contribution in [0.3, 0.4) is 0 Å². The Bertz CT molecular complexity index is 723. The van der Waals surface area contributed by atoms with Gasteiger partial charge in [-0.2, -0.15) is 0 Å². The molecule has 3 rings (SSSR count). The Morgan fingerprint density at radius 2 is 2.00 bits per heavy atom. The zero-order valence-electron chi connectivity index (χ0n) is 10.6. The Kier molecular flexibility index (Phi) is 3.08. The number of fused-ring (bicyclic) bond motifs is 1. The predicted octanol–water partition coefficient (Wildman–Crippen LogP) is 2.06. The largest absolute Gasteiger partial charge is 0.468 e. The van der Waals surface area contributed by atoms with E-state index in [1.165, 1.54) is 24.5 Å². The van der Waals surface area contributed by atoms with Gasteiger partial charge in [0.15, 0.2) is 5.43 Å². The van der Waals surface area contributed by atoms with Crippen molar-refractivity contribution >= 4 is 5.69 Å². The highest BCUT2D eigenvalue weighted by Crippen LogP contribution is 2.27. The predicted molar refractivity (Wildman–Crippen MR) is 71.0 cm³/mol. The first-order chi connectivity index (χ1) is 9.61. The molecule has 1 aliphatic heterocycles. The molecule has 6 heteroatoms. The van der Waals surface area contributed by atoms with Crippen LogP contribution in [-0.2, 0) is 19.6 Å². The molecule has 2 heterocycles. The molecule has 6 nitrogen and oxygen atoms in total. The maximum Gasteiger partial charge on any atom is 0.269 e. The minimum absolute atomic E-state index is 0.0846. The van der Waals surface area contributed by atoms with E-state index < -0.39 is 0 Å². The molecule has 0 radical (unpaired) electrons. The standard InChI is InChI=1S/C14H12N2O4/c17-13-3-4-20-14(6-13)9-15-7-10-1-2-12(16(18)19)5-11(10)8-15/h1-6H,7-9H2. The Balaban J connectivity index is 1.77. The van der Waals surface area contributed by atoms with Gasteiger partial charge in [-0.05, 0) is 11.1 Å². The van der Waals surface area contributed by atoms with E-state index in [0.717, 1.165) is 11.1 Å². The fourth-order valence-electron chi connectivity index (χ4n) is 2.41. The van der Waals surface area contributed by atoms with Gasteiger partial charge >= 0.3 is 0 Å². The Hall–Kier alpha value is -2.47. The summed E-state index contributed by atoms with van der Waals surface area (Å²) in [5.74, 6) is 0.597. The van der Waals surface area contributed by atoms with Crippen molar-refractivity contribution in [2.24, 2.45) is 0 Å². The van der Waals surface area contributed by atoms with E-state index >= 15 is 0 Å². The van der Waals surface area contributed by atoms with E-state index in [0.29, 0.717) is 25.4 Å². The second kappa shape index (κ2) is 4.90. The molecule has 0 fully saturated rings. The SMILES string of the molecule is O=c1ccoc(CN2Cc3ccc([N+](=O)[O-])cc3C2)c1. The molecule has 0 atom stereocenters. The Labute approximate surface area is 114 Å². The Morgan fingerprint density at radius 3 is 2.75 bits per heavy atom. The van der Waals surface area contributed by atoms with Crippen LogP contribution in [0, 0.1) is 10.1 Å². The van der Waals surface area contributed by atoms with E-state index in [2.05, 4.69) is 4.90 Å². The van der Waals surface area contributed by atoms with Gasteiger partial charge in [0, 0.05) is 37.4 Å². The lowest BCUT2D eigenvalue weighted by atomic mass is 10.1. The normalized spacial score (nSPS) is 14.2. The fourth-order valence-corrected chi connectivity index (χ4v) is 2.41. The van der Waals surface area contributed by atoms with Gasteiger partial charge < -0.3 is 4.42 Å². The lowest BCUT2D eigenvalue weighted by molar-refractivity contribution is -0.384. The summed E-state index contributed by atoms with van der Waals surface area (Å²) in [6.07, 6.45) is 1.38. The van der Waals surface area contributed by atoms with Gasteiger partial charge in [-0.25, -0.2) is 0 Å². The highest BCUT2D eigenvalue weighted by atomic mass is 16.6. The lowest BCUT2D eigenvalue weighted by Gasteiger charge is -2.13. The molecular formula is C14H12N2O4. The van der Waals surface area contributed by atoms with Crippen LogP contribution in [0.4, 0.5) is 5.69 Å². The van der Waals surface area contributed by atoms with Gasteiger partial charge in [-0.1, -0.05) is 6.07 Å². The number of non-ortho nitro benzene ring substituents is 1. The summed E-state index contributed by atoms with van der Waals surface area (Å²) in [5, 5.41) is 10.8. The summed E-state index contributed by atoms with van der Waals surface area (Å²) in [5.41, 5.74) is 2.06. The fraction of sp³-hybridized carbons (Fsp3) is 0.214. The van der Waals surface area contributed by atoms with Crippen LogP contribution in [0.15, 0.2) is 45.8 Å². The molecule has 1 aromatic carbocycles. The van der Waals surface area contributed by atoms with Crippen molar-refractivity contribution in [1.82, 2.24) is 4.90 Å². The van der Waals surface area contributed by atoms with E-state index in [1.807, 2.05) is 0 Å². The zero-order chi connectivity index (χ0) is 14.1. The summed E-state index contributed by atoms with van der Waals surface area (Å²) in [7, 11) is 0. The molecule has 1 aliphatic rings. The van der Waals surface area contributed by atoms with Crippen molar-refractivity contribution in [2.75, 3.05) is 0 Å². The van der Waals surface area contributed by atoms with E-state index in [4.69, 9.17) is 4.42 Å². The summed E-state index contributed by atoms with van der Waals surface area (Å²) in [6.45, 7) is 1.83. The smallest absolute Gasteiger partial charge is 0.269 e. The third-order valence-corrected chi connectivity index (χ3v) is 3.32. The number of hydrogen-bond donors (Lipinski definition) is 0. The molecule has 0 saturated carbocycles. The molecule has 0 spiro atoms. The van der Waals surface area contributed by atoms with Gasteiger partial charge in [0.05, 0.1) is 17.7 Å². The van der Waals surface area contributed by atoms with Crippen LogP contribution >= 0.6 is 0 Å². The molecule has 0 N–H and O–H groups in total. The van der Waals surface area contributed by atoms with Crippen molar-refractivity contribution in [3.63, 3.8) is 0 Å². The summed E-state index contributed by atoms with van der Waals surface area (Å²) >= 11 is 0. The van der Waals surface area contributed by atoms with Crippen molar-refractivity contribution in [2.45, 2.75) is 19.6 Å². The molecule has 2 aromatic rings. The quantitative estimate of drug-likeness (QED) is 0.631. The average molecular weight is 272 g/mol. The van der Waals surface area contributed by atoms with Crippen molar-refractivity contribution in [1.29, 1.82) is 0 Å². The molecule has 20 heavy (non-hydrogen) atoms. The van der Waals surface area contributed by atoms with Crippen LogP contribution in [0.25, 0.3) is 0 Å². The van der Waals surface area contributed by atoms with Crippen LogP contribution in [0.2, 0.25) is 0 Å². The van der Waals surface area contributed by atoms with Gasteiger partial charge in [-0.3, -0.25) is 19.8 Å². The van der Waals surface area contributed by atoms with Crippen LogP contribution in [-0.4, -0.2) is 9.82 Å².